The summed E-state index contributed by atoms with van der Waals surface area (Å²) in [5, 5.41) is 8.59. The Balaban J connectivity index is 0.00000131. The molecule has 4 nitrogen and oxygen atoms in total. The predicted octanol–water partition coefficient (Wildman–Crippen LogP) is 5.68. The van der Waals surface area contributed by atoms with E-state index < -0.39 is 0 Å². The molecule has 0 unspecified atom stereocenters. The van der Waals surface area contributed by atoms with Crippen LogP contribution in [0.5, 0.6) is 0 Å². The number of anilines is 1. The van der Waals surface area contributed by atoms with Gasteiger partial charge >= 0.3 is 0 Å². The molecule has 0 spiro atoms. The molecule has 3 aromatic rings. The molecule has 28 heavy (non-hydrogen) atoms. The van der Waals surface area contributed by atoms with Crippen molar-refractivity contribution >= 4 is 53.8 Å². The highest BCUT2D eigenvalue weighted by molar-refractivity contribution is 6.00. The van der Waals surface area contributed by atoms with Crippen molar-refractivity contribution in [3.05, 3.63) is 48.2 Å². The van der Waals surface area contributed by atoms with Crippen molar-refractivity contribution in [3.8, 4) is 11.1 Å². The van der Waals surface area contributed by atoms with Crippen molar-refractivity contribution in [2.45, 2.75) is 38.6 Å². The summed E-state index contributed by atoms with van der Waals surface area (Å²) in [6.45, 7) is 6.31. The third kappa shape index (κ3) is 4.74. The van der Waals surface area contributed by atoms with E-state index in [4.69, 9.17) is 5.73 Å². The number of halogens is 3. The minimum atomic E-state index is -0.317. The molecule has 0 atom stereocenters. The lowest BCUT2D eigenvalue weighted by Gasteiger charge is -2.31. The van der Waals surface area contributed by atoms with Crippen LogP contribution >= 0.6 is 37.2 Å². The number of nitrogens with zero attached hydrogens (tertiary/aromatic N) is 2. The third-order valence-electron chi connectivity index (χ3n) is 5.21. The van der Waals surface area contributed by atoms with Crippen LogP contribution in [-0.2, 0) is 5.54 Å². The summed E-state index contributed by atoms with van der Waals surface area (Å²) in [5.41, 5.74) is 12.0. The molecule has 0 amide bonds. The minimum absolute atomic E-state index is 0. The van der Waals surface area contributed by atoms with E-state index in [1.165, 1.54) is 41.5 Å². The molecule has 154 valence electrons. The number of rotatable bonds is 3. The van der Waals surface area contributed by atoms with Gasteiger partial charge in [0.15, 0.2) is 0 Å². The molecule has 4 rings (SSSR count). The molecule has 1 fully saturated rings. The van der Waals surface area contributed by atoms with Gasteiger partial charge in [-0.1, -0.05) is 30.3 Å². The molecule has 0 saturated carbocycles. The monoisotopic (exact) mass is 442 g/mol. The minimum Gasteiger partial charge on any atom is -0.370 e. The first-order chi connectivity index (χ1) is 12.0. The number of fused-ring (bicyclic) bond motifs is 1. The maximum Gasteiger partial charge on any atom is 0.0671 e. The molecule has 1 aliphatic rings. The van der Waals surface area contributed by atoms with Gasteiger partial charge in [-0.25, -0.2) is 0 Å². The predicted molar refractivity (Wildman–Crippen MR) is 127 cm³/mol. The number of aromatic amines is 1. The van der Waals surface area contributed by atoms with Crippen molar-refractivity contribution in [3.63, 3.8) is 0 Å². The lowest BCUT2D eigenvalue weighted by atomic mass is 9.92. The van der Waals surface area contributed by atoms with Crippen LogP contribution in [0.3, 0.4) is 0 Å². The van der Waals surface area contributed by atoms with E-state index in [0.29, 0.717) is 0 Å². The quantitative estimate of drug-likeness (QED) is 0.547. The molecule has 1 saturated heterocycles. The van der Waals surface area contributed by atoms with Crippen molar-refractivity contribution in [2.75, 3.05) is 18.0 Å². The second-order valence-corrected chi connectivity index (χ2v) is 7.64. The molecule has 2 heterocycles. The first kappa shape index (κ1) is 24.6. The zero-order valence-corrected chi connectivity index (χ0v) is 18.7. The standard InChI is InChI=1S/C21H26N4.3ClH/c1-21(2,22)16-8-6-15(7-9-16)17-10-11-19-18(14-23-24-19)20(17)25-12-4-3-5-13-25;;;/h6-11,14H,3-5,12-13,22H2,1-2H3,(H,23,24);3*1H. The van der Waals surface area contributed by atoms with Crippen LogP contribution in [0.1, 0.15) is 38.7 Å². The number of aromatic nitrogens is 2. The van der Waals surface area contributed by atoms with Crippen LogP contribution in [0.2, 0.25) is 0 Å². The van der Waals surface area contributed by atoms with E-state index >= 15 is 0 Å². The number of hydrogen-bond donors (Lipinski definition) is 2. The van der Waals surface area contributed by atoms with E-state index in [2.05, 4.69) is 51.5 Å². The fourth-order valence-electron chi connectivity index (χ4n) is 3.77. The van der Waals surface area contributed by atoms with Gasteiger partial charge in [0.1, 0.15) is 0 Å². The fraction of sp³-hybridized carbons (Fsp3) is 0.381. The topological polar surface area (TPSA) is 57.9 Å². The summed E-state index contributed by atoms with van der Waals surface area (Å²) in [6.07, 6.45) is 5.80. The summed E-state index contributed by atoms with van der Waals surface area (Å²) in [5.74, 6) is 0. The zero-order chi connectivity index (χ0) is 17.4. The average molecular weight is 444 g/mol. The smallest absolute Gasteiger partial charge is 0.0671 e. The van der Waals surface area contributed by atoms with Crippen molar-refractivity contribution in [1.82, 2.24) is 10.2 Å². The number of piperidine rings is 1. The van der Waals surface area contributed by atoms with Crippen molar-refractivity contribution in [2.24, 2.45) is 5.73 Å². The van der Waals surface area contributed by atoms with Crippen LogP contribution < -0.4 is 10.6 Å². The Bertz CT molecular complexity index is 879. The van der Waals surface area contributed by atoms with Crippen LogP contribution in [0.25, 0.3) is 22.0 Å². The van der Waals surface area contributed by atoms with E-state index in [1.807, 2.05) is 20.0 Å². The summed E-state index contributed by atoms with van der Waals surface area (Å²) >= 11 is 0. The molecule has 2 aromatic carbocycles. The summed E-state index contributed by atoms with van der Waals surface area (Å²) in [7, 11) is 0. The van der Waals surface area contributed by atoms with Crippen molar-refractivity contribution in [1.29, 1.82) is 0 Å². The van der Waals surface area contributed by atoms with E-state index in [0.717, 1.165) is 24.2 Å². The summed E-state index contributed by atoms with van der Waals surface area (Å²) in [6, 6.07) is 13.0. The highest BCUT2D eigenvalue weighted by Crippen LogP contribution is 2.38. The number of nitrogens with two attached hydrogens (primary N) is 1. The molecular formula is C21H29Cl3N4. The normalized spacial score (nSPS) is 14.0. The number of nitrogens with one attached hydrogen (secondary N) is 1. The Hall–Kier alpha value is -1.46. The summed E-state index contributed by atoms with van der Waals surface area (Å²) in [4.78, 5) is 2.53. The number of hydrogen-bond acceptors (Lipinski definition) is 3. The molecule has 0 radical (unpaired) electrons. The zero-order valence-electron chi connectivity index (χ0n) is 16.3. The fourth-order valence-corrected chi connectivity index (χ4v) is 3.77. The Morgan fingerprint density at radius 1 is 0.929 bits per heavy atom. The largest absolute Gasteiger partial charge is 0.370 e. The van der Waals surface area contributed by atoms with Gasteiger partial charge in [-0.15, -0.1) is 37.2 Å². The Labute approximate surface area is 185 Å². The molecule has 1 aliphatic heterocycles. The van der Waals surface area contributed by atoms with Gasteiger partial charge in [0.05, 0.1) is 17.4 Å². The van der Waals surface area contributed by atoms with Crippen LogP contribution in [0, 0.1) is 0 Å². The maximum absolute atomic E-state index is 6.23. The number of H-pyrrole nitrogens is 1. The second kappa shape index (κ2) is 9.84. The molecule has 0 bridgehead atoms. The van der Waals surface area contributed by atoms with E-state index in [-0.39, 0.29) is 42.8 Å². The van der Waals surface area contributed by atoms with Gasteiger partial charge in [-0.3, -0.25) is 5.10 Å². The molecule has 1 aromatic heterocycles. The Morgan fingerprint density at radius 2 is 1.57 bits per heavy atom. The first-order valence-corrected chi connectivity index (χ1v) is 9.15. The van der Waals surface area contributed by atoms with Crippen LogP contribution in [0.15, 0.2) is 42.6 Å². The summed E-state index contributed by atoms with van der Waals surface area (Å²) < 4.78 is 0. The Morgan fingerprint density at radius 3 is 2.18 bits per heavy atom. The van der Waals surface area contributed by atoms with Gasteiger partial charge in [0.2, 0.25) is 0 Å². The lowest BCUT2D eigenvalue weighted by Crippen LogP contribution is -2.30. The third-order valence-corrected chi connectivity index (χ3v) is 5.21. The lowest BCUT2D eigenvalue weighted by molar-refractivity contribution is 0.554. The van der Waals surface area contributed by atoms with Crippen molar-refractivity contribution < 1.29 is 0 Å². The van der Waals surface area contributed by atoms with Gasteiger partial charge in [-0.05, 0) is 50.3 Å². The molecule has 3 N–H and O–H groups in total. The van der Waals surface area contributed by atoms with Gasteiger partial charge in [0.25, 0.3) is 0 Å². The van der Waals surface area contributed by atoms with Gasteiger partial charge in [-0.2, -0.15) is 5.10 Å². The van der Waals surface area contributed by atoms with Gasteiger partial charge in [0, 0.05) is 29.6 Å². The SMILES string of the molecule is CC(C)(N)c1ccc(-c2ccc3[nH]ncc3c2N2CCCCC2)cc1.Cl.Cl.Cl. The molecular weight excluding hydrogens is 415 g/mol. The van der Waals surface area contributed by atoms with E-state index in [9.17, 15) is 0 Å². The van der Waals surface area contributed by atoms with E-state index in [1.54, 1.807) is 0 Å². The highest BCUT2D eigenvalue weighted by Gasteiger charge is 2.20. The van der Waals surface area contributed by atoms with Crippen LogP contribution in [0.4, 0.5) is 5.69 Å². The maximum atomic E-state index is 6.23. The van der Waals surface area contributed by atoms with Gasteiger partial charge < -0.3 is 10.6 Å². The average Bonchev–Trinajstić information content (AvgIpc) is 3.09. The second-order valence-electron chi connectivity index (χ2n) is 7.64. The molecule has 0 aliphatic carbocycles. The number of benzene rings is 2. The van der Waals surface area contributed by atoms with Crippen LogP contribution in [-0.4, -0.2) is 23.3 Å². The Kier molecular flexibility index (Phi) is 8.64. The molecule has 7 heteroatoms. The highest BCUT2D eigenvalue weighted by atomic mass is 35.5. The first-order valence-electron chi connectivity index (χ1n) is 9.15.